The minimum Gasteiger partial charge on any atom is -0.433 e. The quantitative estimate of drug-likeness (QED) is 0.660. The fraction of sp³-hybridized carbons (Fsp3) is 0.400. The van der Waals surface area contributed by atoms with Crippen LogP contribution in [0, 0.1) is 13.8 Å². The highest BCUT2D eigenvalue weighted by Crippen LogP contribution is 2.37. The van der Waals surface area contributed by atoms with Crippen LogP contribution in [-0.2, 0) is 10.0 Å². The van der Waals surface area contributed by atoms with Gasteiger partial charge < -0.3 is 15.0 Å². The Bertz CT molecular complexity index is 1020. The molecule has 0 radical (unpaired) electrons. The minimum atomic E-state index is -4.23. The molecule has 1 atom stereocenters. The van der Waals surface area contributed by atoms with Crippen LogP contribution in [0.2, 0.25) is 0 Å². The summed E-state index contributed by atoms with van der Waals surface area (Å²) >= 11 is 6.19. The van der Waals surface area contributed by atoms with E-state index in [2.05, 4.69) is 21.9 Å². The van der Waals surface area contributed by atoms with Crippen molar-refractivity contribution in [3.05, 3.63) is 47.5 Å². The standard InChI is InChI=1S/C20H24ClF2N3O3S/c1-13-4-7-19(29-20(22)23)18(10-13)26(21)30(27,28)16-6-5-14(2)17(11-16)25-9-8-24-15(3)12-25/h4-7,10-11,15,20,24H,8-9,12H2,1-3H3/t15-/m0/s1. The highest BCUT2D eigenvalue weighted by Gasteiger charge is 2.29. The third-order valence-corrected chi connectivity index (χ3v) is 7.11. The second-order valence-corrected chi connectivity index (χ2v) is 9.64. The predicted octanol–water partition coefficient (Wildman–Crippen LogP) is 4.05. The Hall–Kier alpha value is -2.10. The number of nitrogens with zero attached hydrogens (tertiary/aromatic N) is 2. The topological polar surface area (TPSA) is 61.9 Å². The van der Waals surface area contributed by atoms with Crippen molar-refractivity contribution in [2.24, 2.45) is 0 Å². The number of nitrogens with one attached hydrogen (secondary N) is 1. The van der Waals surface area contributed by atoms with Crippen molar-refractivity contribution in [3.8, 4) is 5.75 Å². The van der Waals surface area contributed by atoms with Crippen molar-refractivity contribution >= 4 is 33.2 Å². The van der Waals surface area contributed by atoms with Crippen LogP contribution >= 0.6 is 11.8 Å². The van der Waals surface area contributed by atoms with Gasteiger partial charge >= 0.3 is 6.61 Å². The van der Waals surface area contributed by atoms with Gasteiger partial charge in [0.15, 0.2) is 5.75 Å². The van der Waals surface area contributed by atoms with E-state index >= 15 is 0 Å². The molecule has 0 aromatic heterocycles. The normalized spacial score (nSPS) is 17.3. The Labute approximate surface area is 180 Å². The van der Waals surface area contributed by atoms with Crippen molar-refractivity contribution in [2.45, 2.75) is 38.3 Å². The summed E-state index contributed by atoms with van der Waals surface area (Å²) in [5.41, 5.74) is 2.20. The van der Waals surface area contributed by atoms with Crippen LogP contribution in [-0.4, -0.2) is 40.7 Å². The fourth-order valence-corrected chi connectivity index (χ4v) is 4.88. The summed E-state index contributed by atoms with van der Waals surface area (Å²) in [5, 5.41) is 3.35. The predicted molar refractivity (Wildman–Crippen MR) is 114 cm³/mol. The second-order valence-electron chi connectivity index (χ2n) is 7.32. The summed E-state index contributed by atoms with van der Waals surface area (Å²) < 4.78 is 56.9. The zero-order valence-electron chi connectivity index (χ0n) is 16.9. The SMILES string of the molecule is Cc1ccc(OC(F)F)c(N(Cl)S(=O)(=O)c2ccc(C)c(N3CCN[C@@H](C)C3)c2)c1. The number of hydrogen-bond donors (Lipinski definition) is 1. The van der Waals surface area contributed by atoms with Crippen LogP contribution in [0.4, 0.5) is 20.2 Å². The monoisotopic (exact) mass is 459 g/mol. The van der Waals surface area contributed by atoms with Crippen LogP contribution in [0.15, 0.2) is 41.3 Å². The molecule has 0 aliphatic carbocycles. The van der Waals surface area contributed by atoms with Gasteiger partial charge in [-0.15, -0.1) is 0 Å². The van der Waals surface area contributed by atoms with Crippen molar-refractivity contribution in [3.63, 3.8) is 0 Å². The maximum atomic E-state index is 13.2. The van der Waals surface area contributed by atoms with Gasteiger partial charge in [-0.3, -0.25) is 0 Å². The summed E-state index contributed by atoms with van der Waals surface area (Å²) in [6.45, 7) is 4.82. The molecule has 30 heavy (non-hydrogen) atoms. The highest BCUT2D eigenvalue weighted by molar-refractivity contribution is 7.94. The molecule has 1 aliphatic rings. The molecule has 1 aliphatic heterocycles. The molecule has 1 N–H and O–H groups in total. The second kappa shape index (κ2) is 8.95. The van der Waals surface area contributed by atoms with E-state index in [-0.39, 0.29) is 22.4 Å². The average molecular weight is 460 g/mol. The molecular weight excluding hydrogens is 436 g/mol. The third kappa shape index (κ3) is 4.79. The summed E-state index contributed by atoms with van der Waals surface area (Å²) in [6.07, 6.45) is 0. The molecule has 6 nitrogen and oxygen atoms in total. The number of anilines is 2. The molecule has 0 saturated carbocycles. The fourth-order valence-electron chi connectivity index (χ4n) is 3.42. The van der Waals surface area contributed by atoms with Gasteiger partial charge in [-0.25, -0.2) is 0 Å². The van der Waals surface area contributed by atoms with Gasteiger partial charge in [-0.2, -0.15) is 21.0 Å². The Morgan fingerprint density at radius 2 is 1.97 bits per heavy atom. The molecular formula is C20H24ClF2N3O3S. The highest BCUT2D eigenvalue weighted by atomic mass is 35.5. The van der Waals surface area contributed by atoms with Gasteiger partial charge in [-0.05, 0) is 56.2 Å². The van der Waals surface area contributed by atoms with Gasteiger partial charge in [0.1, 0.15) is 5.69 Å². The Morgan fingerprint density at radius 3 is 2.63 bits per heavy atom. The smallest absolute Gasteiger partial charge is 0.387 e. The number of ether oxygens (including phenoxy) is 1. The van der Waals surface area contributed by atoms with E-state index in [0.29, 0.717) is 9.39 Å². The van der Waals surface area contributed by atoms with Crippen LogP contribution in [0.1, 0.15) is 18.1 Å². The summed E-state index contributed by atoms with van der Waals surface area (Å²) in [5.74, 6) is -0.322. The van der Waals surface area contributed by atoms with E-state index in [1.165, 1.54) is 24.3 Å². The zero-order valence-corrected chi connectivity index (χ0v) is 18.5. The molecule has 0 bridgehead atoms. The van der Waals surface area contributed by atoms with Gasteiger partial charge in [-0.1, -0.05) is 12.1 Å². The first-order valence-corrected chi connectivity index (χ1v) is 11.2. The number of sulfonamides is 1. The summed E-state index contributed by atoms with van der Waals surface area (Å²) in [7, 11) is -4.23. The number of halogens is 3. The first-order chi connectivity index (χ1) is 14.1. The maximum Gasteiger partial charge on any atom is 0.387 e. The van der Waals surface area contributed by atoms with E-state index in [0.717, 1.165) is 30.9 Å². The van der Waals surface area contributed by atoms with Crippen molar-refractivity contribution < 1.29 is 21.9 Å². The summed E-state index contributed by atoms with van der Waals surface area (Å²) in [6, 6.07) is 9.20. The van der Waals surface area contributed by atoms with E-state index in [1.54, 1.807) is 19.1 Å². The van der Waals surface area contributed by atoms with Gasteiger partial charge in [0.05, 0.1) is 4.90 Å². The Kier molecular flexibility index (Phi) is 6.74. The molecule has 10 heteroatoms. The molecule has 3 rings (SSSR count). The van der Waals surface area contributed by atoms with E-state index in [4.69, 9.17) is 11.8 Å². The van der Waals surface area contributed by atoms with Crippen LogP contribution < -0.4 is 18.8 Å². The molecule has 1 heterocycles. The number of hydrogen-bond acceptors (Lipinski definition) is 5. The average Bonchev–Trinajstić information content (AvgIpc) is 2.68. The summed E-state index contributed by atoms with van der Waals surface area (Å²) in [4.78, 5) is 2.08. The lowest BCUT2D eigenvalue weighted by Crippen LogP contribution is -2.49. The molecule has 164 valence electrons. The van der Waals surface area contributed by atoms with Crippen LogP contribution in [0.3, 0.4) is 0 Å². The Morgan fingerprint density at radius 1 is 1.23 bits per heavy atom. The largest absolute Gasteiger partial charge is 0.433 e. The van der Waals surface area contributed by atoms with Crippen molar-refractivity contribution in [1.82, 2.24) is 5.32 Å². The zero-order chi connectivity index (χ0) is 22.1. The molecule has 1 fully saturated rings. The number of rotatable bonds is 6. The van der Waals surface area contributed by atoms with Gasteiger partial charge in [0, 0.05) is 43.1 Å². The third-order valence-electron chi connectivity index (χ3n) is 4.92. The molecule has 1 saturated heterocycles. The lowest BCUT2D eigenvalue weighted by atomic mass is 10.1. The minimum absolute atomic E-state index is 0.0335. The molecule has 2 aromatic carbocycles. The first-order valence-electron chi connectivity index (χ1n) is 9.45. The van der Waals surface area contributed by atoms with Crippen molar-refractivity contribution in [2.75, 3.05) is 28.4 Å². The van der Waals surface area contributed by atoms with E-state index in [9.17, 15) is 17.2 Å². The lowest BCUT2D eigenvalue weighted by Gasteiger charge is -2.35. The molecule has 2 aromatic rings. The van der Waals surface area contributed by atoms with E-state index in [1.807, 2.05) is 6.92 Å². The number of benzene rings is 2. The number of alkyl halides is 2. The molecule has 0 spiro atoms. The van der Waals surface area contributed by atoms with Crippen LogP contribution in [0.5, 0.6) is 5.75 Å². The Balaban J connectivity index is 2.00. The van der Waals surface area contributed by atoms with E-state index < -0.39 is 16.6 Å². The first kappa shape index (κ1) is 22.6. The lowest BCUT2D eigenvalue weighted by molar-refractivity contribution is -0.0494. The molecule has 0 amide bonds. The van der Waals surface area contributed by atoms with Gasteiger partial charge in [0.2, 0.25) is 0 Å². The maximum absolute atomic E-state index is 13.2. The van der Waals surface area contributed by atoms with Crippen LogP contribution in [0.25, 0.3) is 0 Å². The molecule has 0 unspecified atom stereocenters. The number of aryl methyl sites for hydroxylation is 2. The number of piperazine rings is 1. The van der Waals surface area contributed by atoms with Gasteiger partial charge in [0.25, 0.3) is 10.0 Å². The van der Waals surface area contributed by atoms with Crippen molar-refractivity contribution in [1.29, 1.82) is 0 Å².